The second kappa shape index (κ2) is 4.45. The number of carbonyl (C=O) groups is 1. The van der Waals surface area contributed by atoms with E-state index in [9.17, 15) is 4.79 Å². The van der Waals surface area contributed by atoms with Crippen LogP contribution in [0.4, 0.5) is 5.69 Å². The molecule has 2 aromatic rings. The van der Waals surface area contributed by atoms with E-state index in [4.69, 9.17) is 4.42 Å². The van der Waals surface area contributed by atoms with E-state index < -0.39 is 0 Å². The third kappa shape index (κ3) is 2.56. The predicted molar refractivity (Wildman–Crippen MR) is 67.3 cm³/mol. The number of aryl methyl sites for hydroxylation is 3. The first-order valence-corrected chi connectivity index (χ1v) is 5.51. The summed E-state index contributed by atoms with van der Waals surface area (Å²) in [6.45, 7) is 5.77. The van der Waals surface area contributed by atoms with E-state index in [0.717, 1.165) is 22.6 Å². The van der Waals surface area contributed by atoms with E-state index in [-0.39, 0.29) is 5.91 Å². The summed E-state index contributed by atoms with van der Waals surface area (Å²) in [5, 5.41) is 2.85. The van der Waals surface area contributed by atoms with Crippen LogP contribution in [0.3, 0.4) is 0 Å². The molecule has 0 aliphatic heterocycles. The number of benzene rings is 1. The number of anilines is 1. The van der Waals surface area contributed by atoms with E-state index in [0.29, 0.717) is 5.76 Å². The number of hydrogen-bond acceptors (Lipinski definition) is 2. The molecule has 1 aromatic heterocycles. The molecule has 3 nitrogen and oxygen atoms in total. The molecule has 0 saturated carbocycles. The normalized spacial score (nSPS) is 10.3. The predicted octanol–water partition coefficient (Wildman–Crippen LogP) is 3.46. The van der Waals surface area contributed by atoms with Crippen molar-refractivity contribution < 1.29 is 9.21 Å². The second-order valence-electron chi connectivity index (χ2n) is 4.18. The van der Waals surface area contributed by atoms with Crippen molar-refractivity contribution in [1.29, 1.82) is 0 Å². The van der Waals surface area contributed by atoms with Crippen molar-refractivity contribution in [2.75, 3.05) is 5.32 Å². The summed E-state index contributed by atoms with van der Waals surface area (Å²) in [6, 6.07) is 9.40. The molecule has 0 saturated heterocycles. The van der Waals surface area contributed by atoms with Gasteiger partial charge < -0.3 is 9.73 Å². The van der Waals surface area contributed by atoms with Gasteiger partial charge in [0.15, 0.2) is 5.76 Å². The zero-order chi connectivity index (χ0) is 12.4. The van der Waals surface area contributed by atoms with E-state index in [1.54, 1.807) is 12.1 Å². The molecule has 1 heterocycles. The lowest BCUT2D eigenvalue weighted by molar-refractivity contribution is 0.0995. The Kier molecular flexibility index (Phi) is 3.00. The van der Waals surface area contributed by atoms with E-state index in [2.05, 4.69) is 5.32 Å². The number of furan rings is 1. The van der Waals surface area contributed by atoms with Crippen molar-refractivity contribution in [1.82, 2.24) is 0 Å². The standard InChI is InChI=1S/C14H15NO2/c1-9-4-5-10(2)12(8-9)15-14(16)13-7-6-11(3)17-13/h4-8H,1-3H3,(H,15,16). The molecule has 1 aromatic carbocycles. The van der Waals surface area contributed by atoms with Gasteiger partial charge >= 0.3 is 0 Å². The minimum absolute atomic E-state index is 0.216. The number of amides is 1. The first-order chi connectivity index (χ1) is 8.06. The Morgan fingerprint density at radius 2 is 1.88 bits per heavy atom. The van der Waals surface area contributed by atoms with Crippen molar-refractivity contribution in [2.24, 2.45) is 0 Å². The van der Waals surface area contributed by atoms with Crippen molar-refractivity contribution in [3.05, 3.63) is 53.0 Å². The van der Waals surface area contributed by atoms with Gasteiger partial charge in [-0.25, -0.2) is 0 Å². The minimum Gasteiger partial charge on any atom is -0.456 e. The topological polar surface area (TPSA) is 42.2 Å². The maximum atomic E-state index is 11.9. The van der Waals surface area contributed by atoms with Crippen molar-refractivity contribution >= 4 is 11.6 Å². The van der Waals surface area contributed by atoms with Gasteiger partial charge in [0, 0.05) is 5.69 Å². The van der Waals surface area contributed by atoms with Gasteiger partial charge in [0.2, 0.25) is 0 Å². The van der Waals surface area contributed by atoms with Crippen LogP contribution in [0.2, 0.25) is 0 Å². The molecular formula is C14H15NO2. The van der Waals surface area contributed by atoms with E-state index in [1.165, 1.54) is 0 Å². The first-order valence-electron chi connectivity index (χ1n) is 5.51. The van der Waals surface area contributed by atoms with Gasteiger partial charge in [-0.05, 0) is 50.1 Å². The van der Waals surface area contributed by atoms with E-state index >= 15 is 0 Å². The SMILES string of the molecule is Cc1ccc(C)c(NC(=O)c2ccc(C)o2)c1. The number of rotatable bonds is 2. The Balaban J connectivity index is 2.21. The lowest BCUT2D eigenvalue weighted by atomic mass is 10.1. The molecule has 0 atom stereocenters. The highest BCUT2D eigenvalue weighted by atomic mass is 16.3. The third-order valence-electron chi connectivity index (χ3n) is 2.61. The maximum Gasteiger partial charge on any atom is 0.291 e. The molecule has 1 N–H and O–H groups in total. The molecule has 0 aliphatic carbocycles. The lowest BCUT2D eigenvalue weighted by Crippen LogP contribution is -2.11. The largest absolute Gasteiger partial charge is 0.456 e. The van der Waals surface area contributed by atoms with Gasteiger partial charge in [0.25, 0.3) is 5.91 Å². The summed E-state index contributed by atoms with van der Waals surface area (Å²) < 4.78 is 5.28. The summed E-state index contributed by atoms with van der Waals surface area (Å²) >= 11 is 0. The van der Waals surface area contributed by atoms with Crippen LogP contribution in [0.5, 0.6) is 0 Å². The quantitative estimate of drug-likeness (QED) is 0.856. The third-order valence-corrected chi connectivity index (χ3v) is 2.61. The zero-order valence-corrected chi connectivity index (χ0v) is 10.2. The molecule has 88 valence electrons. The molecule has 0 unspecified atom stereocenters. The average molecular weight is 229 g/mol. The van der Waals surface area contributed by atoms with Crippen LogP contribution in [-0.2, 0) is 0 Å². The molecule has 0 spiro atoms. The van der Waals surface area contributed by atoms with Gasteiger partial charge in [-0.15, -0.1) is 0 Å². The van der Waals surface area contributed by atoms with Crippen LogP contribution >= 0.6 is 0 Å². The molecule has 0 radical (unpaired) electrons. The van der Waals surface area contributed by atoms with E-state index in [1.807, 2.05) is 39.0 Å². The maximum absolute atomic E-state index is 11.9. The molecule has 0 bridgehead atoms. The van der Waals surface area contributed by atoms with Gasteiger partial charge in [-0.1, -0.05) is 12.1 Å². The first kappa shape index (κ1) is 11.5. The van der Waals surface area contributed by atoms with Gasteiger partial charge in [-0.3, -0.25) is 4.79 Å². The molecular weight excluding hydrogens is 214 g/mol. The number of carbonyl (C=O) groups excluding carboxylic acids is 1. The van der Waals surface area contributed by atoms with Crippen molar-refractivity contribution in [3.8, 4) is 0 Å². The van der Waals surface area contributed by atoms with Crippen LogP contribution in [-0.4, -0.2) is 5.91 Å². The van der Waals surface area contributed by atoms with Gasteiger partial charge in [-0.2, -0.15) is 0 Å². The summed E-state index contributed by atoms with van der Waals surface area (Å²) in [4.78, 5) is 11.9. The molecule has 0 aliphatic rings. The Labute approximate surface area is 100 Å². The molecule has 3 heteroatoms. The smallest absolute Gasteiger partial charge is 0.291 e. The minimum atomic E-state index is -0.216. The fraction of sp³-hybridized carbons (Fsp3) is 0.214. The second-order valence-corrected chi connectivity index (χ2v) is 4.18. The zero-order valence-electron chi connectivity index (χ0n) is 10.2. The van der Waals surface area contributed by atoms with Crippen molar-refractivity contribution in [2.45, 2.75) is 20.8 Å². The highest BCUT2D eigenvalue weighted by Gasteiger charge is 2.11. The van der Waals surface area contributed by atoms with Gasteiger partial charge in [0.1, 0.15) is 5.76 Å². The Bertz CT molecular complexity index is 555. The highest BCUT2D eigenvalue weighted by molar-refractivity contribution is 6.02. The monoisotopic (exact) mass is 229 g/mol. The fourth-order valence-electron chi connectivity index (χ4n) is 1.61. The summed E-state index contributed by atoms with van der Waals surface area (Å²) in [5.41, 5.74) is 2.97. The number of nitrogens with one attached hydrogen (secondary N) is 1. The lowest BCUT2D eigenvalue weighted by Gasteiger charge is -2.07. The van der Waals surface area contributed by atoms with Crippen molar-refractivity contribution in [3.63, 3.8) is 0 Å². The number of hydrogen-bond donors (Lipinski definition) is 1. The Morgan fingerprint density at radius 3 is 2.53 bits per heavy atom. The van der Waals surface area contributed by atoms with Crippen LogP contribution in [0.25, 0.3) is 0 Å². The average Bonchev–Trinajstić information content (AvgIpc) is 2.70. The molecule has 17 heavy (non-hydrogen) atoms. The van der Waals surface area contributed by atoms with Crippen LogP contribution in [0.15, 0.2) is 34.7 Å². The molecule has 0 fully saturated rings. The fourth-order valence-corrected chi connectivity index (χ4v) is 1.61. The van der Waals surface area contributed by atoms with Crippen LogP contribution < -0.4 is 5.32 Å². The molecule has 2 rings (SSSR count). The Morgan fingerprint density at radius 1 is 1.12 bits per heavy atom. The molecule has 1 amide bonds. The summed E-state index contributed by atoms with van der Waals surface area (Å²) in [7, 11) is 0. The summed E-state index contributed by atoms with van der Waals surface area (Å²) in [6.07, 6.45) is 0. The van der Waals surface area contributed by atoms with Crippen LogP contribution in [0.1, 0.15) is 27.4 Å². The Hall–Kier alpha value is -2.03. The highest BCUT2D eigenvalue weighted by Crippen LogP contribution is 2.18. The summed E-state index contributed by atoms with van der Waals surface area (Å²) in [5.74, 6) is 0.853. The van der Waals surface area contributed by atoms with Crippen LogP contribution in [0, 0.1) is 20.8 Å². The van der Waals surface area contributed by atoms with Gasteiger partial charge in [0.05, 0.1) is 0 Å².